The first-order valence-corrected chi connectivity index (χ1v) is 5.87. The van der Waals surface area contributed by atoms with Crippen molar-refractivity contribution in [1.82, 2.24) is 4.98 Å². The Morgan fingerprint density at radius 2 is 2.05 bits per heavy atom. The highest BCUT2D eigenvalue weighted by molar-refractivity contribution is 6.06. The number of hydrogen-bond acceptors (Lipinski definition) is 4. The fourth-order valence-electron chi connectivity index (χ4n) is 1.66. The first kappa shape index (κ1) is 12.9. The predicted molar refractivity (Wildman–Crippen MR) is 77.4 cm³/mol. The number of hydrogen-bond donors (Lipinski definition) is 2. The van der Waals surface area contributed by atoms with E-state index in [0.29, 0.717) is 11.4 Å². The summed E-state index contributed by atoms with van der Waals surface area (Å²) in [6.07, 6.45) is 1.54. The van der Waals surface area contributed by atoms with Gasteiger partial charge in [0.1, 0.15) is 0 Å². The average Bonchev–Trinajstić information content (AvgIpc) is 2.39. The van der Waals surface area contributed by atoms with Crippen LogP contribution in [0.15, 0.2) is 42.6 Å². The van der Waals surface area contributed by atoms with E-state index in [0.717, 1.165) is 5.69 Å². The zero-order chi connectivity index (χ0) is 13.8. The standard InChI is InChI=1S/C14H16N4O/c1-18(2)11-6-3-5-10(9-11)17-14(19)13-12(15)7-4-8-16-13/h3-9H,15H2,1-2H3,(H,17,19). The van der Waals surface area contributed by atoms with Gasteiger partial charge in [0.15, 0.2) is 5.69 Å². The van der Waals surface area contributed by atoms with Crippen LogP contribution in [-0.2, 0) is 0 Å². The summed E-state index contributed by atoms with van der Waals surface area (Å²) in [5.41, 5.74) is 8.04. The van der Waals surface area contributed by atoms with Crippen molar-refractivity contribution in [2.24, 2.45) is 0 Å². The maximum atomic E-state index is 12.0. The molecule has 5 heteroatoms. The molecule has 0 aliphatic rings. The first-order valence-electron chi connectivity index (χ1n) is 5.87. The Kier molecular flexibility index (Phi) is 3.66. The Morgan fingerprint density at radius 3 is 2.74 bits per heavy atom. The van der Waals surface area contributed by atoms with Gasteiger partial charge >= 0.3 is 0 Å². The Labute approximate surface area is 112 Å². The molecule has 19 heavy (non-hydrogen) atoms. The quantitative estimate of drug-likeness (QED) is 0.881. The van der Waals surface area contributed by atoms with Crippen molar-refractivity contribution in [1.29, 1.82) is 0 Å². The molecule has 0 saturated carbocycles. The van der Waals surface area contributed by atoms with Crippen molar-refractivity contribution < 1.29 is 4.79 Å². The molecule has 98 valence electrons. The zero-order valence-electron chi connectivity index (χ0n) is 10.9. The summed E-state index contributed by atoms with van der Waals surface area (Å²) in [6, 6.07) is 10.9. The largest absolute Gasteiger partial charge is 0.397 e. The van der Waals surface area contributed by atoms with E-state index < -0.39 is 0 Å². The van der Waals surface area contributed by atoms with Gasteiger partial charge in [0.2, 0.25) is 0 Å². The highest BCUT2D eigenvalue weighted by Crippen LogP contribution is 2.18. The SMILES string of the molecule is CN(C)c1cccc(NC(=O)c2ncccc2N)c1. The molecule has 1 amide bonds. The first-order chi connectivity index (χ1) is 9.08. The molecule has 1 heterocycles. The van der Waals surface area contributed by atoms with Gasteiger partial charge in [-0.25, -0.2) is 4.98 Å². The van der Waals surface area contributed by atoms with Gasteiger partial charge in [0, 0.05) is 31.7 Å². The van der Waals surface area contributed by atoms with Gasteiger partial charge in [-0.15, -0.1) is 0 Å². The lowest BCUT2D eigenvalue weighted by Crippen LogP contribution is -2.16. The maximum absolute atomic E-state index is 12.0. The normalized spacial score (nSPS) is 10.0. The van der Waals surface area contributed by atoms with Crippen molar-refractivity contribution in [2.45, 2.75) is 0 Å². The van der Waals surface area contributed by atoms with Crippen molar-refractivity contribution >= 4 is 23.0 Å². The van der Waals surface area contributed by atoms with Gasteiger partial charge < -0.3 is 16.0 Å². The molecular formula is C14H16N4O. The van der Waals surface area contributed by atoms with Crippen LogP contribution in [0, 0.1) is 0 Å². The molecule has 1 aromatic heterocycles. The fraction of sp³-hybridized carbons (Fsp3) is 0.143. The lowest BCUT2D eigenvalue weighted by Gasteiger charge is -2.14. The van der Waals surface area contributed by atoms with Crippen molar-refractivity contribution in [3.05, 3.63) is 48.3 Å². The van der Waals surface area contributed by atoms with E-state index >= 15 is 0 Å². The number of benzene rings is 1. The number of nitrogens with zero attached hydrogens (tertiary/aromatic N) is 2. The summed E-state index contributed by atoms with van der Waals surface area (Å²) in [7, 11) is 3.88. The van der Waals surface area contributed by atoms with Gasteiger partial charge in [0.25, 0.3) is 5.91 Å². The molecule has 0 bridgehead atoms. The Bertz CT molecular complexity index is 596. The molecule has 2 aromatic rings. The van der Waals surface area contributed by atoms with E-state index in [1.807, 2.05) is 43.3 Å². The molecule has 1 aromatic carbocycles. The van der Waals surface area contributed by atoms with Gasteiger partial charge in [-0.1, -0.05) is 6.07 Å². The van der Waals surface area contributed by atoms with E-state index in [9.17, 15) is 4.79 Å². The highest BCUT2D eigenvalue weighted by atomic mass is 16.1. The maximum Gasteiger partial charge on any atom is 0.276 e. The van der Waals surface area contributed by atoms with Gasteiger partial charge in [-0.3, -0.25) is 4.79 Å². The van der Waals surface area contributed by atoms with Crippen LogP contribution in [0.3, 0.4) is 0 Å². The second-order valence-electron chi connectivity index (χ2n) is 4.34. The highest BCUT2D eigenvalue weighted by Gasteiger charge is 2.11. The molecular weight excluding hydrogens is 240 g/mol. The zero-order valence-corrected chi connectivity index (χ0v) is 10.9. The fourth-order valence-corrected chi connectivity index (χ4v) is 1.66. The molecule has 0 fully saturated rings. The number of aromatic nitrogens is 1. The minimum atomic E-state index is -0.311. The van der Waals surface area contributed by atoms with Crippen LogP contribution < -0.4 is 16.0 Å². The number of carbonyl (C=O) groups excluding carboxylic acids is 1. The van der Waals surface area contributed by atoms with Crippen molar-refractivity contribution in [2.75, 3.05) is 30.0 Å². The molecule has 0 spiro atoms. The van der Waals surface area contributed by atoms with Gasteiger partial charge in [-0.2, -0.15) is 0 Å². The van der Waals surface area contributed by atoms with Crippen LogP contribution in [-0.4, -0.2) is 25.0 Å². The minimum absolute atomic E-state index is 0.234. The number of anilines is 3. The van der Waals surface area contributed by atoms with Crippen LogP contribution in [0.1, 0.15) is 10.5 Å². The number of nitrogens with one attached hydrogen (secondary N) is 1. The smallest absolute Gasteiger partial charge is 0.276 e. The van der Waals surface area contributed by atoms with E-state index in [-0.39, 0.29) is 11.6 Å². The Balaban J connectivity index is 2.20. The number of nitrogen functional groups attached to an aromatic ring is 1. The molecule has 0 radical (unpaired) electrons. The van der Waals surface area contributed by atoms with Crippen LogP contribution in [0.4, 0.5) is 17.1 Å². The average molecular weight is 256 g/mol. The number of rotatable bonds is 3. The van der Waals surface area contributed by atoms with E-state index in [2.05, 4.69) is 10.3 Å². The van der Waals surface area contributed by atoms with Crippen LogP contribution in [0.5, 0.6) is 0 Å². The monoisotopic (exact) mass is 256 g/mol. The van der Waals surface area contributed by atoms with E-state index in [1.165, 1.54) is 0 Å². The van der Waals surface area contributed by atoms with Crippen LogP contribution in [0.25, 0.3) is 0 Å². The second-order valence-corrected chi connectivity index (χ2v) is 4.34. The topological polar surface area (TPSA) is 71.2 Å². The molecule has 0 atom stereocenters. The molecule has 5 nitrogen and oxygen atoms in total. The molecule has 0 unspecified atom stereocenters. The van der Waals surface area contributed by atoms with E-state index in [1.54, 1.807) is 18.3 Å². The summed E-state index contributed by atoms with van der Waals surface area (Å²) in [5, 5.41) is 2.79. The van der Waals surface area contributed by atoms with Gasteiger partial charge in [0.05, 0.1) is 5.69 Å². The third-order valence-electron chi connectivity index (χ3n) is 2.67. The Hall–Kier alpha value is -2.56. The number of pyridine rings is 1. The van der Waals surface area contributed by atoms with Crippen LogP contribution in [0.2, 0.25) is 0 Å². The minimum Gasteiger partial charge on any atom is -0.397 e. The molecule has 3 N–H and O–H groups in total. The summed E-state index contributed by atoms with van der Waals surface area (Å²) in [4.78, 5) is 18.0. The summed E-state index contributed by atoms with van der Waals surface area (Å²) in [5.74, 6) is -0.311. The molecule has 0 aliphatic carbocycles. The summed E-state index contributed by atoms with van der Waals surface area (Å²) < 4.78 is 0. The molecule has 0 aliphatic heterocycles. The third kappa shape index (κ3) is 3.01. The van der Waals surface area contributed by atoms with Crippen LogP contribution >= 0.6 is 0 Å². The molecule has 0 saturated heterocycles. The number of carbonyl (C=O) groups is 1. The Morgan fingerprint density at radius 1 is 1.26 bits per heavy atom. The lowest BCUT2D eigenvalue weighted by molar-refractivity contribution is 0.102. The number of nitrogens with two attached hydrogens (primary N) is 1. The van der Waals surface area contributed by atoms with Gasteiger partial charge in [-0.05, 0) is 30.3 Å². The van der Waals surface area contributed by atoms with Crippen molar-refractivity contribution in [3.8, 4) is 0 Å². The summed E-state index contributed by atoms with van der Waals surface area (Å²) in [6.45, 7) is 0. The predicted octanol–water partition coefficient (Wildman–Crippen LogP) is 1.98. The van der Waals surface area contributed by atoms with E-state index in [4.69, 9.17) is 5.73 Å². The number of amides is 1. The second kappa shape index (κ2) is 5.39. The lowest BCUT2D eigenvalue weighted by atomic mass is 10.2. The summed E-state index contributed by atoms with van der Waals surface area (Å²) >= 11 is 0. The third-order valence-corrected chi connectivity index (χ3v) is 2.67. The van der Waals surface area contributed by atoms with Crippen molar-refractivity contribution in [3.63, 3.8) is 0 Å². The molecule has 2 rings (SSSR count).